The summed E-state index contributed by atoms with van der Waals surface area (Å²) in [6, 6.07) is 3.10. The maximum atomic E-state index is 14.3. The van der Waals surface area contributed by atoms with Crippen LogP contribution in [0.25, 0.3) is 0 Å². The quantitative estimate of drug-likeness (QED) is 0.664. The molecule has 32 heavy (non-hydrogen) atoms. The molecular weight excluding hydrogens is 441 g/mol. The third kappa shape index (κ3) is 3.99. The molecule has 3 rings (SSSR count). The smallest absolute Gasteiger partial charge is 0.417 e. The second kappa shape index (κ2) is 8.58. The van der Waals surface area contributed by atoms with E-state index < -0.39 is 59.6 Å². The Hall–Kier alpha value is -2.86. The van der Waals surface area contributed by atoms with Gasteiger partial charge in [0.1, 0.15) is 6.10 Å². The van der Waals surface area contributed by atoms with E-state index in [-0.39, 0.29) is 16.9 Å². The summed E-state index contributed by atoms with van der Waals surface area (Å²) in [7, 11) is 1.04. The Bertz CT molecular complexity index is 1020. The minimum Gasteiger partial charge on any atom is -0.493 e. The molecule has 1 aromatic carbocycles. The first-order chi connectivity index (χ1) is 14.9. The molecule has 4 atom stereocenters. The van der Waals surface area contributed by atoms with Gasteiger partial charge in [-0.1, -0.05) is 13.0 Å². The van der Waals surface area contributed by atoms with Crippen molar-refractivity contribution in [3.05, 3.63) is 47.3 Å². The third-order valence-corrected chi connectivity index (χ3v) is 5.71. The number of benzene rings is 1. The average molecular weight is 461 g/mol. The molecule has 0 aliphatic carbocycles. The van der Waals surface area contributed by atoms with Crippen molar-refractivity contribution < 1.29 is 41.3 Å². The van der Waals surface area contributed by atoms with Crippen molar-refractivity contribution >= 4 is 11.6 Å². The van der Waals surface area contributed by atoms with Crippen LogP contribution in [0.15, 0.2) is 24.4 Å². The molecule has 1 aliphatic rings. The SMILES string of the molecule is COc1c([C@H]2[C@H](C(=O)Nc3cnnc(CO)c3)O[C@@](C)(C(F)(F)F)[C@H]2C)ccc(F)c1F. The lowest BCUT2D eigenvalue weighted by Crippen LogP contribution is -2.47. The van der Waals surface area contributed by atoms with Gasteiger partial charge in [0.05, 0.1) is 31.3 Å². The molecule has 2 aromatic rings. The first kappa shape index (κ1) is 23.8. The van der Waals surface area contributed by atoms with Crippen LogP contribution in [0.4, 0.5) is 27.6 Å². The predicted octanol–water partition coefficient (Wildman–Crippen LogP) is 3.33. The highest BCUT2D eigenvalue weighted by atomic mass is 19.4. The number of anilines is 1. The Balaban J connectivity index is 2.07. The van der Waals surface area contributed by atoms with Gasteiger partial charge in [-0.05, 0) is 19.1 Å². The normalized spacial score (nSPS) is 25.6. The van der Waals surface area contributed by atoms with E-state index in [9.17, 15) is 26.7 Å². The second-order valence-corrected chi connectivity index (χ2v) is 7.52. The van der Waals surface area contributed by atoms with Gasteiger partial charge in [-0.2, -0.15) is 27.8 Å². The molecule has 2 N–H and O–H groups in total. The number of aliphatic hydroxyl groups is 1. The Morgan fingerprint density at radius 2 is 2.03 bits per heavy atom. The maximum absolute atomic E-state index is 14.3. The summed E-state index contributed by atoms with van der Waals surface area (Å²) in [6.45, 7) is 1.53. The summed E-state index contributed by atoms with van der Waals surface area (Å²) < 4.78 is 79.9. The molecule has 12 heteroatoms. The van der Waals surface area contributed by atoms with E-state index in [0.717, 1.165) is 32.4 Å². The monoisotopic (exact) mass is 461 g/mol. The highest BCUT2D eigenvalue weighted by molar-refractivity contribution is 5.95. The zero-order chi connectivity index (χ0) is 23.8. The first-order valence-electron chi connectivity index (χ1n) is 9.44. The van der Waals surface area contributed by atoms with Gasteiger partial charge >= 0.3 is 6.18 Å². The number of nitrogens with one attached hydrogen (secondary N) is 1. The standard InChI is InChI=1S/C20H20F5N3O4/c1-9-14(12-4-5-13(21)15(22)16(12)31-3)17(32-19(9,2)20(23,24)25)18(30)27-10-6-11(8-29)28-26-7-10/h4-7,9,14,17,29H,8H2,1-3H3,(H,27,28,30)/t9-,14-,17+,19+/m0/s1. The molecule has 174 valence electrons. The van der Waals surface area contributed by atoms with Gasteiger partial charge in [0.25, 0.3) is 5.91 Å². The Morgan fingerprint density at radius 1 is 1.34 bits per heavy atom. The van der Waals surface area contributed by atoms with Crippen LogP contribution < -0.4 is 10.1 Å². The van der Waals surface area contributed by atoms with Crippen molar-refractivity contribution in [3.63, 3.8) is 0 Å². The number of carbonyl (C=O) groups is 1. The van der Waals surface area contributed by atoms with E-state index in [0.29, 0.717) is 0 Å². The number of carbonyl (C=O) groups excluding carboxylic acids is 1. The van der Waals surface area contributed by atoms with Crippen molar-refractivity contribution in [1.29, 1.82) is 0 Å². The number of amides is 1. The third-order valence-electron chi connectivity index (χ3n) is 5.71. The highest BCUT2D eigenvalue weighted by Gasteiger charge is 2.65. The highest BCUT2D eigenvalue weighted by Crippen LogP contribution is 2.54. The van der Waals surface area contributed by atoms with E-state index in [1.54, 1.807) is 0 Å². The largest absolute Gasteiger partial charge is 0.493 e. The molecule has 1 aliphatic heterocycles. The van der Waals surface area contributed by atoms with Crippen LogP contribution in [0.1, 0.15) is 31.0 Å². The van der Waals surface area contributed by atoms with Crippen molar-refractivity contribution in [2.75, 3.05) is 12.4 Å². The molecule has 1 amide bonds. The minimum atomic E-state index is -4.87. The number of halogens is 5. The molecule has 2 heterocycles. The molecular formula is C20H20F5N3O4. The van der Waals surface area contributed by atoms with Crippen molar-refractivity contribution in [3.8, 4) is 5.75 Å². The van der Waals surface area contributed by atoms with E-state index in [4.69, 9.17) is 14.6 Å². The minimum absolute atomic E-state index is 0.0573. The molecule has 0 radical (unpaired) electrons. The van der Waals surface area contributed by atoms with Gasteiger partial charge in [-0.25, -0.2) is 4.39 Å². The lowest BCUT2D eigenvalue weighted by molar-refractivity contribution is -0.272. The van der Waals surface area contributed by atoms with Crippen LogP contribution in [0, 0.1) is 17.6 Å². The van der Waals surface area contributed by atoms with Crippen molar-refractivity contribution in [1.82, 2.24) is 10.2 Å². The summed E-state index contributed by atoms with van der Waals surface area (Å²) in [4.78, 5) is 13.0. The molecule has 0 saturated carbocycles. The Morgan fingerprint density at radius 3 is 2.62 bits per heavy atom. The number of rotatable bonds is 5. The number of aliphatic hydroxyl groups excluding tert-OH is 1. The second-order valence-electron chi connectivity index (χ2n) is 7.52. The Labute approximate surface area is 179 Å². The predicted molar refractivity (Wildman–Crippen MR) is 101 cm³/mol. The van der Waals surface area contributed by atoms with Crippen molar-refractivity contribution in [2.45, 2.75) is 44.3 Å². The fraction of sp³-hybridized carbons (Fsp3) is 0.450. The summed E-state index contributed by atoms with van der Waals surface area (Å²) in [6.07, 6.45) is -5.47. The van der Waals surface area contributed by atoms with E-state index >= 15 is 0 Å². The summed E-state index contributed by atoms with van der Waals surface area (Å²) in [5.41, 5.74) is -2.73. The number of alkyl halides is 3. The van der Waals surface area contributed by atoms with Crippen LogP contribution in [-0.4, -0.2) is 46.2 Å². The van der Waals surface area contributed by atoms with Gasteiger partial charge in [0, 0.05) is 17.4 Å². The van der Waals surface area contributed by atoms with Crippen LogP contribution in [0.3, 0.4) is 0 Å². The molecule has 1 aromatic heterocycles. The van der Waals surface area contributed by atoms with Gasteiger partial charge in [-0.3, -0.25) is 4.79 Å². The van der Waals surface area contributed by atoms with Crippen LogP contribution in [0.2, 0.25) is 0 Å². The molecule has 0 spiro atoms. The molecule has 7 nitrogen and oxygen atoms in total. The van der Waals surface area contributed by atoms with Crippen LogP contribution in [-0.2, 0) is 16.1 Å². The van der Waals surface area contributed by atoms with Crippen molar-refractivity contribution in [2.24, 2.45) is 5.92 Å². The van der Waals surface area contributed by atoms with Crippen LogP contribution in [0.5, 0.6) is 5.75 Å². The topological polar surface area (TPSA) is 93.6 Å². The number of aromatic nitrogens is 2. The number of nitrogens with zero attached hydrogens (tertiary/aromatic N) is 2. The Kier molecular flexibility index (Phi) is 6.38. The van der Waals surface area contributed by atoms with E-state index in [1.165, 1.54) is 13.0 Å². The van der Waals surface area contributed by atoms with Gasteiger partial charge < -0.3 is 19.9 Å². The van der Waals surface area contributed by atoms with E-state index in [1.807, 2.05) is 0 Å². The zero-order valence-corrected chi connectivity index (χ0v) is 17.2. The lowest BCUT2D eigenvalue weighted by atomic mass is 9.77. The maximum Gasteiger partial charge on any atom is 0.417 e. The van der Waals surface area contributed by atoms with Crippen LogP contribution >= 0.6 is 0 Å². The number of ether oxygens (including phenoxy) is 2. The summed E-state index contributed by atoms with van der Waals surface area (Å²) in [5, 5.41) is 18.7. The van der Waals surface area contributed by atoms with Gasteiger partial charge in [-0.15, -0.1) is 0 Å². The van der Waals surface area contributed by atoms with E-state index in [2.05, 4.69) is 15.5 Å². The molecule has 0 unspecified atom stereocenters. The molecule has 1 fully saturated rings. The summed E-state index contributed by atoms with van der Waals surface area (Å²) in [5.74, 6) is -6.93. The number of hydrogen-bond acceptors (Lipinski definition) is 6. The zero-order valence-electron chi connectivity index (χ0n) is 17.2. The van der Waals surface area contributed by atoms with Gasteiger partial charge in [0.2, 0.25) is 5.82 Å². The molecule has 0 bridgehead atoms. The fourth-order valence-electron chi connectivity index (χ4n) is 3.81. The van der Waals surface area contributed by atoms with Gasteiger partial charge in [0.15, 0.2) is 17.2 Å². The first-order valence-corrected chi connectivity index (χ1v) is 9.44. The average Bonchev–Trinajstić information content (AvgIpc) is 3.02. The lowest BCUT2D eigenvalue weighted by Gasteiger charge is -2.32. The fourth-order valence-corrected chi connectivity index (χ4v) is 3.81. The molecule has 1 saturated heterocycles. The number of hydrogen-bond donors (Lipinski definition) is 2. The summed E-state index contributed by atoms with van der Waals surface area (Å²) >= 11 is 0. The number of methoxy groups -OCH3 is 1.